The van der Waals surface area contributed by atoms with Crippen molar-refractivity contribution in [1.29, 1.82) is 0 Å². The van der Waals surface area contributed by atoms with E-state index in [2.05, 4.69) is 57.3 Å². The van der Waals surface area contributed by atoms with Crippen LogP contribution in [0, 0.1) is 5.92 Å². The van der Waals surface area contributed by atoms with Crippen molar-refractivity contribution < 1.29 is 4.79 Å². The Morgan fingerprint density at radius 3 is 2.69 bits per heavy atom. The molecule has 1 amide bonds. The van der Waals surface area contributed by atoms with E-state index in [-0.39, 0.29) is 5.91 Å². The van der Waals surface area contributed by atoms with Gasteiger partial charge in [-0.25, -0.2) is 4.98 Å². The topological polar surface area (TPSA) is 49.0 Å². The van der Waals surface area contributed by atoms with Gasteiger partial charge in [0.2, 0.25) is 5.91 Å². The van der Waals surface area contributed by atoms with Crippen molar-refractivity contribution in [3.8, 4) is 0 Å². The normalized spacial score (nSPS) is 15.5. The molecule has 134 valence electrons. The van der Waals surface area contributed by atoms with E-state index in [1.807, 2.05) is 6.07 Å². The lowest BCUT2D eigenvalue weighted by atomic mass is 9.90. The molecule has 1 fully saturated rings. The van der Waals surface area contributed by atoms with Crippen LogP contribution in [0.25, 0.3) is 11.0 Å². The predicted octanol–water partition coefficient (Wildman–Crippen LogP) is 3.98. The number of carbonyl (C=O) groups is 1. The Morgan fingerprint density at radius 2 is 1.88 bits per heavy atom. The number of amides is 1. The van der Waals surface area contributed by atoms with E-state index in [0.717, 1.165) is 49.8 Å². The lowest BCUT2D eigenvalue weighted by Crippen LogP contribution is -2.39. The molecule has 0 radical (unpaired) electrons. The molecule has 1 aliphatic heterocycles. The minimum atomic E-state index is 0.285. The number of benzene rings is 2. The summed E-state index contributed by atoms with van der Waals surface area (Å²) in [6.07, 6.45) is 6.44. The Bertz CT molecular complexity index is 863. The third-order valence-electron chi connectivity index (χ3n) is 5.45. The fraction of sp³-hybridized carbons (Fsp3) is 0.364. The average molecular weight is 347 g/mol. The maximum atomic E-state index is 12.6. The van der Waals surface area contributed by atoms with Gasteiger partial charge < -0.3 is 9.88 Å². The van der Waals surface area contributed by atoms with E-state index < -0.39 is 0 Å². The molecule has 4 nitrogen and oxygen atoms in total. The molecular formula is C22H25N3O. The number of fused-ring (bicyclic) bond motifs is 1. The number of hydrogen-bond donors (Lipinski definition) is 1. The first-order chi connectivity index (χ1) is 12.8. The maximum absolute atomic E-state index is 12.6. The fourth-order valence-corrected chi connectivity index (χ4v) is 3.88. The van der Waals surface area contributed by atoms with E-state index in [9.17, 15) is 4.79 Å². The number of aromatic nitrogens is 2. The number of likely N-dealkylation sites (tertiary alicyclic amines) is 1. The van der Waals surface area contributed by atoms with E-state index in [1.165, 1.54) is 11.1 Å². The molecule has 1 N–H and O–H groups in total. The van der Waals surface area contributed by atoms with Crippen LogP contribution in [0.4, 0.5) is 0 Å². The molecule has 26 heavy (non-hydrogen) atoms. The third-order valence-corrected chi connectivity index (χ3v) is 5.45. The van der Waals surface area contributed by atoms with E-state index in [4.69, 9.17) is 0 Å². The number of rotatable bonds is 5. The highest BCUT2D eigenvalue weighted by Crippen LogP contribution is 2.22. The van der Waals surface area contributed by atoms with Gasteiger partial charge in [0.1, 0.15) is 0 Å². The highest BCUT2D eigenvalue weighted by molar-refractivity contribution is 5.77. The molecule has 1 saturated heterocycles. The summed E-state index contributed by atoms with van der Waals surface area (Å²) in [4.78, 5) is 22.0. The summed E-state index contributed by atoms with van der Waals surface area (Å²) < 4.78 is 0. The van der Waals surface area contributed by atoms with Crippen molar-refractivity contribution >= 4 is 16.9 Å². The maximum Gasteiger partial charge on any atom is 0.222 e. The lowest BCUT2D eigenvalue weighted by Gasteiger charge is -2.32. The van der Waals surface area contributed by atoms with Crippen LogP contribution in [0.1, 0.15) is 30.4 Å². The summed E-state index contributed by atoms with van der Waals surface area (Å²) in [6.45, 7) is 1.80. The fourth-order valence-electron chi connectivity index (χ4n) is 3.88. The summed E-state index contributed by atoms with van der Waals surface area (Å²) >= 11 is 0. The first kappa shape index (κ1) is 16.8. The van der Waals surface area contributed by atoms with Crippen molar-refractivity contribution in [2.24, 2.45) is 5.92 Å². The zero-order valence-corrected chi connectivity index (χ0v) is 15.0. The minimum absolute atomic E-state index is 0.285. The largest absolute Gasteiger partial charge is 0.345 e. The van der Waals surface area contributed by atoms with Gasteiger partial charge in [-0.1, -0.05) is 36.4 Å². The molecule has 1 aliphatic rings. The number of aryl methyl sites for hydroxylation is 1. The smallest absolute Gasteiger partial charge is 0.222 e. The van der Waals surface area contributed by atoms with Gasteiger partial charge in [-0.05, 0) is 54.9 Å². The first-order valence-corrected chi connectivity index (χ1v) is 9.51. The number of aromatic amines is 1. The molecular weight excluding hydrogens is 322 g/mol. The summed E-state index contributed by atoms with van der Waals surface area (Å²) in [7, 11) is 0. The van der Waals surface area contributed by atoms with Crippen LogP contribution in [0.3, 0.4) is 0 Å². The molecule has 0 bridgehead atoms. The molecule has 0 unspecified atom stereocenters. The van der Waals surface area contributed by atoms with Crippen LogP contribution in [-0.4, -0.2) is 33.9 Å². The molecule has 0 saturated carbocycles. The number of carbonyl (C=O) groups excluding carboxylic acids is 1. The van der Waals surface area contributed by atoms with Crippen molar-refractivity contribution in [1.82, 2.24) is 14.9 Å². The molecule has 1 aromatic heterocycles. The number of nitrogens with zero attached hydrogens (tertiary/aromatic N) is 2. The Morgan fingerprint density at radius 1 is 1.08 bits per heavy atom. The second kappa shape index (κ2) is 7.73. The van der Waals surface area contributed by atoms with E-state index in [1.54, 1.807) is 6.33 Å². The van der Waals surface area contributed by atoms with Gasteiger partial charge >= 0.3 is 0 Å². The number of imidazole rings is 1. The SMILES string of the molecule is O=C(CCc1ccc2nc[nH]c2c1)N1CCC(Cc2ccccc2)CC1. The Balaban J connectivity index is 1.25. The Kier molecular flexibility index (Phi) is 5.00. The monoisotopic (exact) mass is 347 g/mol. The van der Waals surface area contributed by atoms with Crippen molar-refractivity contribution in [3.63, 3.8) is 0 Å². The lowest BCUT2D eigenvalue weighted by molar-refractivity contribution is -0.132. The van der Waals surface area contributed by atoms with Crippen LogP contribution in [0.2, 0.25) is 0 Å². The highest BCUT2D eigenvalue weighted by atomic mass is 16.2. The Labute approximate surface area is 154 Å². The van der Waals surface area contributed by atoms with Gasteiger partial charge in [-0.3, -0.25) is 4.79 Å². The van der Waals surface area contributed by atoms with Gasteiger partial charge in [0, 0.05) is 19.5 Å². The van der Waals surface area contributed by atoms with E-state index in [0.29, 0.717) is 12.3 Å². The van der Waals surface area contributed by atoms with Gasteiger partial charge in [0.05, 0.1) is 17.4 Å². The number of piperidine rings is 1. The highest BCUT2D eigenvalue weighted by Gasteiger charge is 2.22. The molecule has 2 aromatic carbocycles. The second-order valence-corrected chi connectivity index (χ2v) is 7.27. The zero-order valence-electron chi connectivity index (χ0n) is 15.0. The zero-order chi connectivity index (χ0) is 17.8. The molecule has 4 heteroatoms. The van der Waals surface area contributed by atoms with Gasteiger partial charge in [-0.15, -0.1) is 0 Å². The summed E-state index contributed by atoms with van der Waals surface area (Å²) in [5, 5.41) is 0. The van der Waals surface area contributed by atoms with Crippen molar-refractivity contribution in [2.45, 2.75) is 32.1 Å². The number of H-pyrrole nitrogens is 1. The van der Waals surface area contributed by atoms with Gasteiger partial charge in [0.15, 0.2) is 0 Å². The summed E-state index contributed by atoms with van der Waals surface area (Å²) in [5.41, 5.74) is 4.61. The molecule has 0 atom stereocenters. The molecule has 3 aromatic rings. The Hall–Kier alpha value is -2.62. The molecule has 4 rings (SSSR count). The minimum Gasteiger partial charge on any atom is -0.345 e. The van der Waals surface area contributed by atoms with Gasteiger partial charge in [-0.2, -0.15) is 0 Å². The van der Waals surface area contributed by atoms with Crippen LogP contribution in [-0.2, 0) is 17.6 Å². The summed E-state index contributed by atoms with van der Waals surface area (Å²) in [6, 6.07) is 16.9. The summed E-state index contributed by atoms with van der Waals surface area (Å²) in [5.74, 6) is 0.983. The van der Waals surface area contributed by atoms with Crippen LogP contribution < -0.4 is 0 Å². The predicted molar refractivity (Wildman–Crippen MR) is 104 cm³/mol. The molecule has 0 spiro atoms. The second-order valence-electron chi connectivity index (χ2n) is 7.27. The van der Waals surface area contributed by atoms with Crippen LogP contribution >= 0.6 is 0 Å². The van der Waals surface area contributed by atoms with Crippen molar-refractivity contribution in [3.05, 3.63) is 66.0 Å². The third kappa shape index (κ3) is 3.96. The van der Waals surface area contributed by atoms with Crippen molar-refractivity contribution in [2.75, 3.05) is 13.1 Å². The van der Waals surface area contributed by atoms with E-state index >= 15 is 0 Å². The van der Waals surface area contributed by atoms with Gasteiger partial charge in [0.25, 0.3) is 0 Å². The number of hydrogen-bond acceptors (Lipinski definition) is 2. The first-order valence-electron chi connectivity index (χ1n) is 9.51. The number of nitrogens with one attached hydrogen (secondary N) is 1. The quantitative estimate of drug-likeness (QED) is 0.759. The molecule has 2 heterocycles. The van der Waals surface area contributed by atoms with Crippen LogP contribution in [0.5, 0.6) is 0 Å². The van der Waals surface area contributed by atoms with Crippen LogP contribution in [0.15, 0.2) is 54.9 Å². The standard InChI is InChI=1S/C22H25N3O/c26-22(9-7-18-6-8-20-21(15-18)24-16-23-20)25-12-10-19(11-13-25)14-17-4-2-1-3-5-17/h1-6,8,15-16,19H,7,9-14H2,(H,23,24). The average Bonchev–Trinajstić information content (AvgIpc) is 3.15. The molecule has 0 aliphatic carbocycles.